The van der Waals surface area contributed by atoms with Crippen molar-refractivity contribution in [3.63, 3.8) is 0 Å². The summed E-state index contributed by atoms with van der Waals surface area (Å²) in [4.78, 5) is 25.6. The summed E-state index contributed by atoms with van der Waals surface area (Å²) in [7, 11) is -5.39. The summed E-state index contributed by atoms with van der Waals surface area (Å²) < 4.78 is 8.55. The van der Waals surface area contributed by atoms with E-state index in [1.807, 2.05) is 0 Å². The molecule has 0 radical (unpaired) electrons. The van der Waals surface area contributed by atoms with Crippen LogP contribution in [0.2, 0.25) is 0 Å². The number of rotatable bonds is 0. The molecule has 0 bridgehead atoms. The fraction of sp³-hybridized carbons (Fsp3) is 0. The normalized spacial score (nSPS) is 5.36. The van der Waals surface area contributed by atoms with Crippen LogP contribution < -0.4 is 63.1 Å². The van der Waals surface area contributed by atoms with Gasteiger partial charge in [0.2, 0.25) is 0 Å². The molecule has 0 aromatic carbocycles. The zero-order valence-corrected chi connectivity index (χ0v) is 16.3. The summed E-state index contributed by atoms with van der Waals surface area (Å²) >= 11 is 0. The molecule has 0 atom stereocenters. The first-order valence-corrected chi connectivity index (χ1v) is 2.19. The van der Waals surface area contributed by atoms with Crippen LogP contribution in [0.1, 0.15) is 0 Å². The fourth-order valence-corrected chi connectivity index (χ4v) is 0. The SMILES string of the molecule is O=P([O-])([O-])[O-].[Al+3].[Ca+2].[Li+].[Na+].[OH-].[Sr+2]. The van der Waals surface area contributed by atoms with Gasteiger partial charge in [-0.1, -0.05) is 0 Å². The molecule has 11 heavy (non-hydrogen) atoms. The van der Waals surface area contributed by atoms with Gasteiger partial charge in [-0.05, 0) is 0 Å². The molecule has 0 rings (SSSR count). The van der Waals surface area contributed by atoms with Crippen molar-refractivity contribution in [2.45, 2.75) is 0 Å². The van der Waals surface area contributed by atoms with Gasteiger partial charge in [0.25, 0.3) is 0 Å². The van der Waals surface area contributed by atoms with E-state index in [0.717, 1.165) is 0 Å². The van der Waals surface area contributed by atoms with Crippen LogP contribution in [-0.2, 0) is 4.57 Å². The molecule has 0 aliphatic heterocycles. The molecule has 5 nitrogen and oxygen atoms in total. The molecule has 0 amide bonds. The van der Waals surface area contributed by atoms with Gasteiger partial charge in [0.15, 0.2) is 0 Å². The maximum Gasteiger partial charge on any atom is 3.00 e. The Hall–Kier alpha value is 4.94. The van der Waals surface area contributed by atoms with Crippen LogP contribution in [-0.4, -0.2) is 106 Å². The third-order valence-corrected chi connectivity index (χ3v) is 0. The Balaban J connectivity index is -0.00000000533. The van der Waals surface area contributed by atoms with Crippen LogP contribution in [0.25, 0.3) is 0 Å². The minimum atomic E-state index is -5.39. The Bertz CT molecular complexity index is 72.6. The summed E-state index contributed by atoms with van der Waals surface area (Å²) in [5.41, 5.74) is 0. The van der Waals surface area contributed by atoms with Gasteiger partial charge >= 0.3 is 149 Å². The van der Waals surface area contributed by atoms with Crippen molar-refractivity contribution in [3.8, 4) is 0 Å². The van der Waals surface area contributed by atoms with Crippen LogP contribution in [0.5, 0.6) is 0 Å². The molecule has 0 aromatic heterocycles. The van der Waals surface area contributed by atoms with Gasteiger partial charge < -0.3 is 24.7 Å². The van der Waals surface area contributed by atoms with E-state index < -0.39 is 7.82 Å². The fourth-order valence-electron chi connectivity index (χ4n) is 0. The van der Waals surface area contributed by atoms with Gasteiger partial charge in [0.05, 0.1) is 0 Å². The van der Waals surface area contributed by atoms with E-state index in [9.17, 15) is 0 Å². The molecule has 1 N–H and O–H groups in total. The largest absolute Gasteiger partial charge is 3.00 e. The van der Waals surface area contributed by atoms with Gasteiger partial charge in [-0.25, -0.2) is 0 Å². The van der Waals surface area contributed by atoms with Gasteiger partial charge in [-0.3, -0.25) is 0 Å². The topological polar surface area (TPSA) is 116 Å². The molecule has 0 heterocycles. The second kappa shape index (κ2) is 24.3. The van der Waals surface area contributed by atoms with Crippen LogP contribution in [0.3, 0.4) is 0 Å². The molecule has 0 aliphatic rings. The third kappa shape index (κ3) is 103. The van der Waals surface area contributed by atoms with E-state index in [1.54, 1.807) is 0 Å². The summed E-state index contributed by atoms with van der Waals surface area (Å²) in [6.45, 7) is 0. The molecule has 0 aliphatic carbocycles. The predicted octanol–water partition coefficient (Wildman–Crippen LogP) is -10.1. The van der Waals surface area contributed by atoms with E-state index in [0.29, 0.717) is 0 Å². The average Bonchev–Trinajstić information content (AvgIpc) is 0.722. The van der Waals surface area contributed by atoms with Gasteiger partial charge in [0.1, 0.15) is 0 Å². The Morgan fingerprint density at radius 1 is 1.09 bits per heavy atom. The quantitative estimate of drug-likeness (QED) is 0.325. The maximum atomic E-state index is 8.55. The molecule has 0 fully saturated rings. The van der Waals surface area contributed by atoms with Crippen molar-refractivity contribution < 1.29 is 73.1 Å². The van der Waals surface area contributed by atoms with E-state index in [1.165, 1.54) is 0 Å². The zero-order valence-electron chi connectivity index (χ0n) is 6.52. The summed E-state index contributed by atoms with van der Waals surface area (Å²) in [5, 5.41) is 0. The van der Waals surface area contributed by atoms with Crippen molar-refractivity contribution in [3.05, 3.63) is 0 Å². The molecule has 0 aromatic rings. The van der Waals surface area contributed by atoms with E-state index in [-0.39, 0.29) is 154 Å². The molecule has 40 valence electrons. The molecule has 11 heteroatoms. The average molecular weight is 297 g/mol. The Labute approximate surface area is 177 Å². The maximum absolute atomic E-state index is 8.55. The van der Waals surface area contributed by atoms with Gasteiger partial charge in [0, 0.05) is 0 Å². The second-order valence-electron chi connectivity index (χ2n) is 0.447. The van der Waals surface area contributed by atoms with Crippen molar-refractivity contribution in [1.82, 2.24) is 0 Å². The molecule has 0 spiro atoms. The third-order valence-electron chi connectivity index (χ3n) is 0. The smallest absolute Gasteiger partial charge is 0.870 e. The monoisotopic (exact) mass is 297 g/mol. The van der Waals surface area contributed by atoms with E-state index in [4.69, 9.17) is 19.2 Å². The summed E-state index contributed by atoms with van der Waals surface area (Å²) in [6, 6.07) is 0. The van der Waals surface area contributed by atoms with Crippen molar-refractivity contribution in [2.75, 3.05) is 0 Å². The molecular formula is HAlCaLiNaO5PSr+5. The van der Waals surface area contributed by atoms with E-state index in [2.05, 4.69) is 0 Å². The molecule has 0 saturated carbocycles. The van der Waals surface area contributed by atoms with Crippen LogP contribution in [0.4, 0.5) is 0 Å². The zero-order chi connectivity index (χ0) is 4.50. The summed E-state index contributed by atoms with van der Waals surface area (Å²) in [6.07, 6.45) is 0. The van der Waals surface area contributed by atoms with Crippen molar-refractivity contribution in [1.29, 1.82) is 0 Å². The second-order valence-corrected chi connectivity index (χ2v) is 1.34. The summed E-state index contributed by atoms with van der Waals surface area (Å²) in [5.74, 6) is 0. The van der Waals surface area contributed by atoms with Crippen LogP contribution in [0, 0.1) is 0 Å². The minimum Gasteiger partial charge on any atom is -0.870 e. The van der Waals surface area contributed by atoms with Crippen molar-refractivity contribution >= 4 is 108 Å². The number of phosphoric acid groups is 1. The predicted molar refractivity (Wildman–Crippen MR) is 26.8 cm³/mol. The van der Waals surface area contributed by atoms with Gasteiger partial charge in [-0.15, -0.1) is 0 Å². The Kier molecular flexibility index (Phi) is 98.2. The van der Waals surface area contributed by atoms with Gasteiger partial charge in [-0.2, -0.15) is 7.82 Å². The molecule has 0 unspecified atom stereocenters. The number of hydrogen-bond acceptors (Lipinski definition) is 5. The number of hydrogen-bond donors (Lipinski definition) is 0. The first-order valence-electron chi connectivity index (χ1n) is 0.730. The van der Waals surface area contributed by atoms with E-state index >= 15 is 0 Å². The first-order chi connectivity index (χ1) is 2.00. The Morgan fingerprint density at radius 3 is 1.09 bits per heavy atom. The molecule has 0 saturated heterocycles. The van der Waals surface area contributed by atoms with Crippen LogP contribution in [0.15, 0.2) is 0 Å². The minimum absolute atomic E-state index is 0. The molecular weight excluding hydrogens is 296 g/mol. The van der Waals surface area contributed by atoms with Crippen molar-refractivity contribution in [2.24, 2.45) is 0 Å². The first kappa shape index (κ1) is 44.5. The Morgan fingerprint density at radius 2 is 1.09 bits per heavy atom. The standard InChI is InChI=1S/Al.Ca.Li.Na.H3O4P.H2O.Sr/c;;;;1-5(2,3)4;;/h;;;;(H3,1,2,3,4);1H2;/q+3;+2;2*+1;;;+2/p-4. The van der Waals surface area contributed by atoms with Crippen LogP contribution >= 0.6 is 7.82 Å².